The van der Waals surface area contributed by atoms with Crippen LogP contribution in [0, 0.1) is 20.2 Å². The average molecular weight is 424 g/mol. The van der Waals surface area contributed by atoms with Gasteiger partial charge in [-0.15, -0.1) is 0 Å². The lowest BCUT2D eigenvalue weighted by molar-refractivity contribution is -0.385. The van der Waals surface area contributed by atoms with Gasteiger partial charge < -0.3 is 10.1 Å². The Bertz CT molecular complexity index is 1010. The van der Waals surface area contributed by atoms with Crippen LogP contribution in [0.3, 0.4) is 0 Å². The van der Waals surface area contributed by atoms with Crippen molar-refractivity contribution in [2.75, 3.05) is 19.7 Å². The fourth-order valence-electron chi connectivity index (χ4n) is 2.10. The minimum Gasteiger partial charge on any atom is -0.484 e. The summed E-state index contributed by atoms with van der Waals surface area (Å²) in [5, 5.41) is 23.7. The number of nitrogens with zero attached hydrogens (tertiary/aromatic N) is 2. The third kappa shape index (κ3) is 6.51. The zero-order chi connectivity index (χ0) is 21.4. The summed E-state index contributed by atoms with van der Waals surface area (Å²) in [7, 11) is -3.97. The van der Waals surface area contributed by atoms with Gasteiger partial charge in [0.2, 0.25) is 10.0 Å². The van der Waals surface area contributed by atoms with Crippen LogP contribution < -0.4 is 14.8 Å². The average Bonchev–Trinajstić information content (AvgIpc) is 2.70. The van der Waals surface area contributed by atoms with E-state index in [1.807, 2.05) is 0 Å². The minimum atomic E-state index is -3.97. The smallest absolute Gasteiger partial charge is 0.270 e. The van der Waals surface area contributed by atoms with E-state index >= 15 is 0 Å². The van der Waals surface area contributed by atoms with Crippen LogP contribution >= 0.6 is 0 Å². The maximum Gasteiger partial charge on any atom is 0.270 e. The molecule has 0 fully saturated rings. The van der Waals surface area contributed by atoms with Crippen LogP contribution in [-0.4, -0.2) is 43.9 Å². The fourth-order valence-corrected chi connectivity index (χ4v) is 3.17. The van der Waals surface area contributed by atoms with Crippen LogP contribution in [0.25, 0.3) is 0 Å². The van der Waals surface area contributed by atoms with Gasteiger partial charge in [-0.05, 0) is 18.2 Å². The second-order valence-electron chi connectivity index (χ2n) is 5.54. The molecule has 13 heteroatoms. The second-order valence-corrected chi connectivity index (χ2v) is 7.31. The Labute approximate surface area is 164 Å². The molecular formula is C16H16N4O8S. The summed E-state index contributed by atoms with van der Waals surface area (Å²) in [6, 6.07) is 9.72. The molecule has 2 aromatic rings. The van der Waals surface area contributed by atoms with E-state index in [0.717, 1.165) is 6.07 Å². The first kappa shape index (κ1) is 21.7. The number of hydrogen-bond donors (Lipinski definition) is 2. The minimum absolute atomic E-state index is 0.0450. The van der Waals surface area contributed by atoms with E-state index in [1.165, 1.54) is 42.5 Å². The number of amides is 1. The van der Waals surface area contributed by atoms with Gasteiger partial charge in [0, 0.05) is 37.4 Å². The highest BCUT2D eigenvalue weighted by molar-refractivity contribution is 7.89. The number of nitro groups is 2. The summed E-state index contributed by atoms with van der Waals surface area (Å²) < 4.78 is 31.6. The Kier molecular flexibility index (Phi) is 7.16. The molecule has 2 N–H and O–H groups in total. The van der Waals surface area contributed by atoms with Gasteiger partial charge in [0.25, 0.3) is 17.3 Å². The van der Waals surface area contributed by atoms with E-state index < -0.39 is 25.8 Å². The molecule has 0 heterocycles. The molecule has 0 bridgehead atoms. The summed E-state index contributed by atoms with van der Waals surface area (Å²) in [6.45, 7) is -0.555. The standard InChI is InChI=1S/C16H16N4O8S/c21-16(11-28-14-6-4-12(5-7-14)19(22)23)17-8-9-18-29(26,27)15-3-1-2-13(10-15)20(24)25/h1-7,10,18H,8-9,11H2,(H,17,21). The van der Waals surface area contributed by atoms with Gasteiger partial charge in [0.05, 0.1) is 14.7 Å². The van der Waals surface area contributed by atoms with Crippen molar-refractivity contribution in [3.05, 3.63) is 68.8 Å². The monoisotopic (exact) mass is 424 g/mol. The SMILES string of the molecule is O=C(COc1ccc([N+](=O)[O-])cc1)NCCNS(=O)(=O)c1cccc([N+](=O)[O-])c1. The molecule has 2 aromatic carbocycles. The summed E-state index contributed by atoms with van der Waals surface area (Å²) in [6.07, 6.45) is 0. The van der Waals surface area contributed by atoms with E-state index in [2.05, 4.69) is 10.0 Å². The third-order valence-electron chi connectivity index (χ3n) is 3.50. The summed E-state index contributed by atoms with van der Waals surface area (Å²) in [5.74, 6) is -0.268. The zero-order valence-electron chi connectivity index (χ0n) is 14.8. The Morgan fingerprint density at radius 1 is 0.966 bits per heavy atom. The molecule has 0 atom stereocenters. The molecule has 0 aliphatic rings. The lowest BCUT2D eigenvalue weighted by Crippen LogP contribution is -2.36. The van der Waals surface area contributed by atoms with Crippen LogP contribution in [0.1, 0.15) is 0 Å². The van der Waals surface area contributed by atoms with Gasteiger partial charge >= 0.3 is 0 Å². The molecule has 0 radical (unpaired) electrons. The van der Waals surface area contributed by atoms with Crippen molar-refractivity contribution in [2.24, 2.45) is 0 Å². The number of carbonyl (C=O) groups is 1. The van der Waals surface area contributed by atoms with E-state index in [4.69, 9.17) is 4.74 Å². The predicted octanol–water partition coefficient (Wildman–Crippen LogP) is 0.977. The first-order valence-electron chi connectivity index (χ1n) is 8.07. The quantitative estimate of drug-likeness (QED) is 0.323. The first-order valence-corrected chi connectivity index (χ1v) is 9.55. The third-order valence-corrected chi connectivity index (χ3v) is 4.95. The molecule has 0 unspecified atom stereocenters. The fraction of sp³-hybridized carbons (Fsp3) is 0.188. The number of nitrogens with one attached hydrogen (secondary N) is 2. The largest absolute Gasteiger partial charge is 0.484 e. The van der Waals surface area contributed by atoms with E-state index in [9.17, 15) is 33.4 Å². The summed E-state index contributed by atoms with van der Waals surface area (Å²) in [4.78, 5) is 31.5. The van der Waals surface area contributed by atoms with Crippen molar-refractivity contribution in [2.45, 2.75) is 4.90 Å². The molecule has 29 heavy (non-hydrogen) atoms. The highest BCUT2D eigenvalue weighted by atomic mass is 32.2. The van der Waals surface area contributed by atoms with Gasteiger partial charge in [-0.3, -0.25) is 25.0 Å². The Morgan fingerprint density at radius 2 is 1.62 bits per heavy atom. The predicted molar refractivity (Wildman–Crippen MR) is 99.9 cm³/mol. The van der Waals surface area contributed by atoms with Crippen molar-refractivity contribution in [3.8, 4) is 5.75 Å². The van der Waals surface area contributed by atoms with Crippen LogP contribution in [0.2, 0.25) is 0 Å². The van der Waals surface area contributed by atoms with Gasteiger partial charge in [0.1, 0.15) is 5.75 Å². The molecule has 154 valence electrons. The van der Waals surface area contributed by atoms with E-state index in [0.29, 0.717) is 0 Å². The lowest BCUT2D eigenvalue weighted by Gasteiger charge is -2.09. The van der Waals surface area contributed by atoms with Crippen LogP contribution in [0.5, 0.6) is 5.75 Å². The number of hydrogen-bond acceptors (Lipinski definition) is 8. The molecule has 1 amide bonds. The van der Waals surface area contributed by atoms with Crippen molar-refractivity contribution >= 4 is 27.3 Å². The van der Waals surface area contributed by atoms with Crippen LogP contribution in [0.15, 0.2) is 53.4 Å². The molecule has 0 aromatic heterocycles. The molecule has 0 spiro atoms. The maximum atomic E-state index is 12.1. The number of rotatable bonds is 10. The highest BCUT2D eigenvalue weighted by Gasteiger charge is 2.17. The van der Waals surface area contributed by atoms with Gasteiger partial charge in [0.15, 0.2) is 6.61 Å². The van der Waals surface area contributed by atoms with Gasteiger partial charge in [-0.25, -0.2) is 13.1 Å². The number of carbonyl (C=O) groups excluding carboxylic acids is 1. The topological polar surface area (TPSA) is 171 Å². The van der Waals surface area contributed by atoms with Gasteiger partial charge in [-0.1, -0.05) is 6.07 Å². The Balaban J connectivity index is 1.76. The normalized spacial score (nSPS) is 10.9. The Hall–Kier alpha value is -3.58. The molecule has 0 saturated carbocycles. The highest BCUT2D eigenvalue weighted by Crippen LogP contribution is 2.17. The molecule has 0 saturated heterocycles. The number of non-ortho nitro benzene ring substituents is 2. The van der Waals surface area contributed by atoms with Crippen molar-refractivity contribution in [3.63, 3.8) is 0 Å². The number of benzene rings is 2. The lowest BCUT2D eigenvalue weighted by atomic mass is 10.3. The molecule has 0 aliphatic heterocycles. The first-order chi connectivity index (χ1) is 13.7. The summed E-state index contributed by atoms with van der Waals surface area (Å²) >= 11 is 0. The van der Waals surface area contributed by atoms with Crippen molar-refractivity contribution < 1.29 is 27.8 Å². The van der Waals surface area contributed by atoms with Gasteiger partial charge in [-0.2, -0.15) is 0 Å². The maximum absolute atomic E-state index is 12.1. The van der Waals surface area contributed by atoms with Crippen LogP contribution in [-0.2, 0) is 14.8 Å². The second kappa shape index (κ2) is 9.57. The van der Waals surface area contributed by atoms with Crippen LogP contribution in [0.4, 0.5) is 11.4 Å². The molecular weight excluding hydrogens is 408 g/mol. The summed E-state index contributed by atoms with van der Waals surface area (Å²) in [5.41, 5.74) is -0.470. The molecule has 0 aliphatic carbocycles. The number of ether oxygens (including phenoxy) is 1. The zero-order valence-corrected chi connectivity index (χ0v) is 15.6. The molecule has 2 rings (SSSR count). The van der Waals surface area contributed by atoms with Crippen molar-refractivity contribution in [1.29, 1.82) is 0 Å². The van der Waals surface area contributed by atoms with E-state index in [1.54, 1.807) is 0 Å². The number of sulfonamides is 1. The number of nitro benzene ring substituents is 2. The Morgan fingerprint density at radius 3 is 2.24 bits per heavy atom. The molecule has 12 nitrogen and oxygen atoms in total. The van der Waals surface area contributed by atoms with Crippen molar-refractivity contribution in [1.82, 2.24) is 10.0 Å². The van der Waals surface area contributed by atoms with E-state index in [-0.39, 0.29) is 41.7 Å².